The molecule has 1 unspecified atom stereocenters. The monoisotopic (exact) mass is 382 g/mol. The molecule has 0 radical (unpaired) electrons. The Morgan fingerprint density at radius 3 is 2.12 bits per heavy atom. The molecule has 0 spiro atoms. The summed E-state index contributed by atoms with van der Waals surface area (Å²) in [6.45, 7) is 3.80. The summed E-state index contributed by atoms with van der Waals surface area (Å²) in [4.78, 5) is 4.11. The molecule has 25 heavy (non-hydrogen) atoms. The molecular weight excluding hydrogens is 360 g/mol. The summed E-state index contributed by atoms with van der Waals surface area (Å²) in [5.41, 5.74) is 1.47. The molecule has 1 N–H and O–H groups in total. The summed E-state index contributed by atoms with van der Waals surface area (Å²) in [6.07, 6.45) is 3.97. The van der Waals surface area contributed by atoms with Gasteiger partial charge in [0.1, 0.15) is 5.25 Å². The van der Waals surface area contributed by atoms with Gasteiger partial charge in [0.15, 0.2) is 9.84 Å². The van der Waals surface area contributed by atoms with Crippen LogP contribution in [0.25, 0.3) is 0 Å². The molecule has 0 amide bonds. The van der Waals surface area contributed by atoms with Crippen LogP contribution in [0.4, 0.5) is 0 Å². The largest absolute Gasteiger partial charge is 0.264 e. The van der Waals surface area contributed by atoms with Gasteiger partial charge in [0.25, 0.3) is 0 Å². The van der Waals surface area contributed by atoms with Crippen LogP contribution in [0.3, 0.4) is 0 Å². The molecule has 0 fully saturated rings. The van der Waals surface area contributed by atoms with E-state index in [1.54, 1.807) is 36.4 Å². The zero-order chi connectivity index (χ0) is 18.7. The fourth-order valence-electron chi connectivity index (χ4n) is 2.41. The van der Waals surface area contributed by atoms with Gasteiger partial charge in [0.05, 0.1) is 11.2 Å². The molecule has 1 aromatic carbocycles. The first-order valence-electron chi connectivity index (χ1n) is 7.79. The van der Waals surface area contributed by atoms with Crippen molar-refractivity contribution in [2.45, 2.75) is 29.9 Å². The second-order valence-electron chi connectivity index (χ2n) is 6.16. The summed E-state index contributed by atoms with van der Waals surface area (Å²) < 4.78 is 51.3. The van der Waals surface area contributed by atoms with E-state index in [1.165, 1.54) is 12.4 Å². The van der Waals surface area contributed by atoms with E-state index in [-0.39, 0.29) is 17.4 Å². The van der Waals surface area contributed by atoms with Crippen LogP contribution in [-0.4, -0.2) is 34.6 Å². The fourth-order valence-corrected chi connectivity index (χ4v) is 4.63. The van der Waals surface area contributed by atoms with Crippen molar-refractivity contribution in [1.82, 2.24) is 9.71 Å². The normalized spacial score (nSPS) is 13.8. The van der Waals surface area contributed by atoms with Gasteiger partial charge in [-0.2, -0.15) is 0 Å². The van der Waals surface area contributed by atoms with E-state index in [4.69, 9.17) is 0 Å². The Hall–Kier alpha value is -1.77. The molecule has 2 aromatic rings. The standard InChI is InChI=1S/C17H22N2O4S2/c1-13(2)14-6-8-16(9-7-14)25(22,23)17(12-19-24(3,20)21)15-5-4-10-18-11-15/h4-11,13,17,19H,12H2,1-3H3. The third-order valence-electron chi connectivity index (χ3n) is 3.84. The second kappa shape index (κ2) is 7.63. The first-order valence-corrected chi connectivity index (χ1v) is 11.2. The third kappa shape index (κ3) is 5.10. The van der Waals surface area contributed by atoms with Crippen LogP contribution in [-0.2, 0) is 19.9 Å². The molecule has 0 saturated heterocycles. The number of nitrogens with zero attached hydrogens (tertiary/aromatic N) is 1. The average Bonchev–Trinajstić information content (AvgIpc) is 2.55. The number of benzene rings is 1. The van der Waals surface area contributed by atoms with E-state index in [0.717, 1.165) is 11.8 Å². The summed E-state index contributed by atoms with van der Waals surface area (Å²) in [5.74, 6) is 0.290. The van der Waals surface area contributed by atoms with Gasteiger partial charge < -0.3 is 0 Å². The minimum Gasteiger partial charge on any atom is -0.264 e. The Balaban J connectivity index is 2.43. The third-order valence-corrected chi connectivity index (χ3v) is 6.65. The van der Waals surface area contributed by atoms with Crippen molar-refractivity contribution in [3.05, 3.63) is 59.9 Å². The molecular formula is C17H22N2O4S2. The first-order chi connectivity index (χ1) is 11.6. The molecule has 2 rings (SSSR count). The van der Waals surface area contributed by atoms with Crippen LogP contribution in [0.2, 0.25) is 0 Å². The molecule has 0 aliphatic carbocycles. The number of hydrogen-bond donors (Lipinski definition) is 1. The van der Waals surface area contributed by atoms with Crippen molar-refractivity contribution >= 4 is 19.9 Å². The highest BCUT2D eigenvalue weighted by Crippen LogP contribution is 2.29. The van der Waals surface area contributed by atoms with Crippen LogP contribution in [0, 0.1) is 0 Å². The molecule has 1 aromatic heterocycles. The molecule has 136 valence electrons. The lowest BCUT2D eigenvalue weighted by molar-refractivity contribution is 0.571. The smallest absolute Gasteiger partial charge is 0.208 e. The Kier molecular flexibility index (Phi) is 5.97. The Morgan fingerprint density at radius 2 is 1.64 bits per heavy atom. The Labute approximate surface area is 149 Å². The molecule has 1 atom stereocenters. The maximum Gasteiger partial charge on any atom is 0.208 e. The van der Waals surface area contributed by atoms with Gasteiger partial charge in [-0.3, -0.25) is 4.98 Å². The number of hydrogen-bond acceptors (Lipinski definition) is 5. The number of sulfonamides is 1. The Bertz CT molecular complexity index is 907. The molecule has 0 aliphatic heterocycles. The molecule has 6 nitrogen and oxygen atoms in total. The average molecular weight is 383 g/mol. The van der Waals surface area contributed by atoms with Crippen molar-refractivity contribution in [2.24, 2.45) is 0 Å². The van der Waals surface area contributed by atoms with E-state index in [2.05, 4.69) is 9.71 Å². The summed E-state index contributed by atoms with van der Waals surface area (Å²) in [6, 6.07) is 9.94. The predicted octanol–water partition coefficient (Wildman–Crippen LogP) is 2.27. The number of pyridine rings is 1. The second-order valence-corrected chi connectivity index (χ2v) is 10.1. The van der Waals surface area contributed by atoms with Gasteiger partial charge in [-0.05, 0) is 35.2 Å². The topological polar surface area (TPSA) is 93.2 Å². The minimum absolute atomic E-state index is 0.154. The molecule has 8 heteroatoms. The lowest BCUT2D eigenvalue weighted by Gasteiger charge is -2.18. The Morgan fingerprint density at radius 1 is 1.00 bits per heavy atom. The van der Waals surface area contributed by atoms with Crippen molar-refractivity contribution in [3.63, 3.8) is 0 Å². The SMILES string of the molecule is CC(C)c1ccc(S(=O)(=O)C(CNS(C)(=O)=O)c2cccnc2)cc1. The molecule has 0 saturated carbocycles. The van der Waals surface area contributed by atoms with Crippen LogP contribution >= 0.6 is 0 Å². The van der Waals surface area contributed by atoms with E-state index in [0.29, 0.717) is 5.56 Å². The van der Waals surface area contributed by atoms with E-state index in [9.17, 15) is 16.8 Å². The zero-order valence-electron chi connectivity index (χ0n) is 14.4. The maximum atomic E-state index is 13.1. The van der Waals surface area contributed by atoms with Gasteiger partial charge in [-0.15, -0.1) is 0 Å². The quantitative estimate of drug-likeness (QED) is 0.793. The van der Waals surface area contributed by atoms with Crippen molar-refractivity contribution in [1.29, 1.82) is 0 Å². The van der Waals surface area contributed by atoms with E-state index >= 15 is 0 Å². The first kappa shape index (κ1) is 19.6. The van der Waals surface area contributed by atoms with Crippen LogP contribution in [0.15, 0.2) is 53.7 Å². The van der Waals surface area contributed by atoms with E-state index in [1.807, 2.05) is 13.8 Å². The predicted molar refractivity (Wildman–Crippen MR) is 97.5 cm³/mol. The minimum atomic E-state index is -3.79. The van der Waals surface area contributed by atoms with Gasteiger partial charge in [0.2, 0.25) is 10.0 Å². The van der Waals surface area contributed by atoms with Gasteiger partial charge in [-0.25, -0.2) is 21.6 Å². The van der Waals surface area contributed by atoms with E-state index < -0.39 is 25.1 Å². The molecule has 0 aliphatic rings. The summed E-state index contributed by atoms with van der Waals surface area (Å²) >= 11 is 0. The van der Waals surface area contributed by atoms with Gasteiger partial charge in [0, 0.05) is 18.9 Å². The molecule has 0 bridgehead atoms. The van der Waals surface area contributed by atoms with Crippen LogP contribution in [0.5, 0.6) is 0 Å². The lowest BCUT2D eigenvalue weighted by Crippen LogP contribution is -2.31. The highest BCUT2D eigenvalue weighted by atomic mass is 32.2. The number of rotatable bonds is 7. The van der Waals surface area contributed by atoms with Crippen molar-refractivity contribution in [2.75, 3.05) is 12.8 Å². The highest BCUT2D eigenvalue weighted by molar-refractivity contribution is 7.92. The van der Waals surface area contributed by atoms with Crippen LogP contribution in [0.1, 0.15) is 36.1 Å². The number of aromatic nitrogens is 1. The highest BCUT2D eigenvalue weighted by Gasteiger charge is 2.30. The summed E-state index contributed by atoms with van der Waals surface area (Å²) in [5, 5.41) is -1.05. The number of sulfone groups is 1. The maximum absolute atomic E-state index is 13.1. The van der Waals surface area contributed by atoms with Gasteiger partial charge in [-0.1, -0.05) is 32.0 Å². The van der Waals surface area contributed by atoms with Gasteiger partial charge >= 0.3 is 0 Å². The summed E-state index contributed by atoms with van der Waals surface area (Å²) in [7, 11) is -7.31. The fraction of sp³-hybridized carbons (Fsp3) is 0.353. The van der Waals surface area contributed by atoms with Crippen LogP contribution < -0.4 is 4.72 Å². The van der Waals surface area contributed by atoms with Crippen molar-refractivity contribution in [3.8, 4) is 0 Å². The zero-order valence-corrected chi connectivity index (χ0v) is 16.0. The molecule has 1 heterocycles. The number of nitrogens with one attached hydrogen (secondary N) is 1. The lowest BCUT2D eigenvalue weighted by atomic mass is 10.0. The van der Waals surface area contributed by atoms with Crippen molar-refractivity contribution < 1.29 is 16.8 Å².